The molecule has 9 N–H and O–H groups in total. The Bertz CT molecular complexity index is 1650. The molecule has 0 spiro atoms. The third-order valence-corrected chi connectivity index (χ3v) is 11.4. The molecule has 0 aliphatic heterocycles. The number of esters is 2. The Labute approximate surface area is 403 Å². The first-order chi connectivity index (χ1) is 32.6. The van der Waals surface area contributed by atoms with Gasteiger partial charge in [-0.15, -0.1) is 0 Å². The third kappa shape index (κ3) is 30.8. The van der Waals surface area contributed by atoms with Gasteiger partial charge in [0.05, 0.1) is 24.9 Å². The molecule has 0 aromatic heterocycles. The Kier molecular flexibility index (Phi) is 35.9. The van der Waals surface area contributed by atoms with Crippen molar-refractivity contribution < 1.29 is 78.4 Å². The maximum Gasteiger partial charge on any atom is 0.472 e. The van der Waals surface area contributed by atoms with Crippen molar-refractivity contribution in [3.8, 4) is 0 Å². The summed E-state index contributed by atoms with van der Waals surface area (Å²) in [6.07, 6.45) is 29.0. The summed E-state index contributed by atoms with van der Waals surface area (Å²) in [6, 6.07) is 0. The van der Waals surface area contributed by atoms with Gasteiger partial charge in [-0.1, -0.05) is 149 Å². The lowest BCUT2D eigenvalue weighted by molar-refractivity contribution is -0.220. The van der Waals surface area contributed by atoms with Crippen LogP contribution < -0.4 is 0 Å². The minimum absolute atomic E-state index is 0.00897. The lowest BCUT2D eigenvalue weighted by atomic mass is 9.85. The molecule has 1 rings (SSSR count). The number of allylic oxidation sites excluding steroid dienone is 16. The number of aliphatic hydroxyl groups excluding tert-OH is 8. The Morgan fingerprint density at radius 3 is 1.69 bits per heavy atom. The first kappa shape index (κ1) is 62.4. The third-order valence-electron chi connectivity index (χ3n) is 10.5. The van der Waals surface area contributed by atoms with Gasteiger partial charge >= 0.3 is 19.8 Å². The van der Waals surface area contributed by atoms with E-state index in [4.69, 9.17) is 18.5 Å². The predicted molar refractivity (Wildman–Crippen MR) is 262 cm³/mol. The fourth-order valence-corrected chi connectivity index (χ4v) is 7.43. The number of phosphoric ester groups is 1. The van der Waals surface area contributed by atoms with E-state index in [1.165, 1.54) is 6.08 Å². The van der Waals surface area contributed by atoms with Gasteiger partial charge in [0, 0.05) is 12.8 Å². The van der Waals surface area contributed by atoms with E-state index in [0.29, 0.717) is 12.8 Å². The van der Waals surface area contributed by atoms with Crippen LogP contribution in [0.3, 0.4) is 0 Å². The summed E-state index contributed by atoms with van der Waals surface area (Å²) in [6.45, 7) is 2.75. The first-order valence-corrected chi connectivity index (χ1v) is 25.5. The van der Waals surface area contributed by atoms with Crippen LogP contribution in [0.5, 0.6) is 0 Å². The average Bonchev–Trinajstić information content (AvgIpc) is 3.31. The van der Waals surface area contributed by atoms with Crippen molar-refractivity contribution in [2.45, 2.75) is 184 Å². The largest absolute Gasteiger partial charge is 0.472 e. The SMILES string of the molecule is CC/C=C\C/C=C\C/C=C\C/C=C\C/C=C\CCCCCC(=O)OC[C@H](COP(=O)(O)OC1[C@H](O)[C@H](O)C(O)[C@H](O)[C@H]1O)OC(=O)CCC[C@H](O)[C@@H](O)/C=C/C=C/C=C\C=C\[C@@H](O)CCCCC. The normalized spacial score (nSPS) is 23.4. The van der Waals surface area contributed by atoms with Crippen molar-refractivity contribution in [1.82, 2.24) is 0 Å². The number of aliphatic hydroxyl groups is 8. The number of rotatable bonds is 37. The van der Waals surface area contributed by atoms with E-state index in [-0.39, 0.29) is 25.7 Å². The fourth-order valence-electron chi connectivity index (χ4n) is 6.46. The molecule has 1 aliphatic carbocycles. The van der Waals surface area contributed by atoms with E-state index in [1.807, 2.05) is 0 Å². The molecule has 0 bridgehead atoms. The van der Waals surface area contributed by atoms with E-state index in [0.717, 1.165) is 70.6 Å². The highest BCUT2D eigenvalue weighted by atomic mass is 31.2. The molecule has 17 heteroatoms. The molecule has 0 radical (unpaired) electrons. The molecule has 386 valence electrons. The molecule has 0 aromatic carbocycles. The standard InChI is InChI=1S/C51H81O16P/c1-3-5-7-8-9-10-11-12-13-14-15-16-17-18-19-20-21-26-30-36-44(55)64-38-41(39-65-68(62,63)67-51-49(60)47(58)46(57)48(59)50(51)61)66-45(56)37-31-35-43(54)42(53)34-29-25-23-22-24-28-33-40(52)32-27-6-4-2/h5,7,9-10,12-13,15-16,18-19,22-25,28-29,33-34,40-43,46-54,57-61H,3-4,6,8,11,14,17,20-21,26-27,30-32,35-39H2,1-2H3,(H,62,63)/b7-5-,10-9-,13-12-,16-15-,19-18-,24-22-,25-23+,33-28+,34-29+/t40-,41+,42-,43-,46?,47-,48+,49+,50+,51?/m0/s1. The van der Waals surface area contributed by atoms with Crippen molar-refractivity contribution >= 4 is 19.8 Å². The lowest BCUT2D eigenvalue weighted by Gasteiger charge is -2.41. The highest BCUT2D eigenvalue weighted by Gasteiger charge is 2.51. The first-order valence-electron chi connectivity index (χ1n) is 24.0. The van der Waals surface area contributed by atoms with Crippen LogP contribution in [0.15, 0.2) is 109 Å². The number of carbonyl (C=O) groups is 2. The highest BCUT2D eigenvalue weighted by molar-refractivity contribution is 7.47. The average molecular weight is 981 g/mol. The van der Waals surface area contributed by atoms with Gasteiger partial charge in [-0.05, 0) is 70.6 Å². The number of unbranched alkanes of at least 4 members (excludes halogenated alkanes) is 5. The Hall–Kier alpha value is -3.61. The quantitative estimate of drug-likeness (QED) is 0.0105. The number of hydrogen-bond donors (Lipinski definition) is 9. The maximum atomic E-state index is 12.8. The number of phosphoric acid groups is 1. The van der Waals surface area contributed by atoms with Crippen LogP contribution in [0.25, 0.3) is 0 Å². The summed E-state index contributed by atoms with van der Waals surface area (Å²) < 4.78 is 33.3. The molecule has 0 heterocycles. The monoisotopic (exact) mass is 981 g/mol. The zero-order valence-corrected chi connectivity index (χ0v) is 40.8. The van der Waals surface area contributed by atoms with E-state index in [2.05, 4.69) is 74.6 Å². The second kappa shape index (κ2) is 39.1. The molecule has 0 amide bonds. The summed E-state index contributed by atoms with van der Waals surface area (Å²) in [4.78, 5) is 35.8. The van der Waals surface area contributed by atoms with Gasteiger partial charge in [-0.2, -0.15) is 0 Å². The molecular formula is C51H81O16P. The summed E-state index contributed by atoms with van der Waals surface area (Å²) in [5.41, 5.74) is 0. The molecule has 0 aromatic rings. The second-order valence-corrected chi connectivity index (χ2v) is 17.8. The van der Waals surface area contributed by atoms with Crippen LogP contribution in [-0.2, 0) is 32.7 Å². The van der Waals surface area contributed by atoms with Crippen LogP contribution in [-0.4, -0.2) is 132 Å². The van der Waals surface area contributed by atoms with Crippen LogP contribution in [0.1, 0.15) is 123 Å². The smallest absolute Gasteiger partial charge is 0.462 e. The molecule has 1 saturated carbocycles. The van der Waals surface area contributed by atoms with Gasteiger partial charge in [-0.25, -0.2) is 4.57 Å². The summed E-state index contributed by atoms with van der Waals surface area (Å²) in [5, 5.41) is 80.9. The van der Waals surface area contributed by atoms with Crippen molar-refractivity contribution in [2.75, 3.05) is 13.2 Å². The Balaban J connectivity index is 2.63. The summed E-state index contributed by atoms with van der Waals surface area (Å²) >= 11 is 0. The topological polar surface area (TPSA) is 270 Å². The van der Waals surface area contributed by atoms with Crippen LogP contribution in [0.2, 0.25) is 0 Å². The van der Waals surface area contributed by atoms with Gasteiger partial charge < -0.3 is 55.2 Å². The Morgan fingerprint density at radius 1 is 0.574 bits per heavy atom. The van der Waals surface area contributed by atoms with Crippen molar-refractivity contribution in [3.63, 3.8) is 0 Å². The Morgan fingerprint density at radius 2 is 1.10 bits per heavy atom. The molecule has 11 atom stereocenters. The number of carbonyl (C=O) groups excluding carboxylic acids is 2. The van der Waals surface area contributed by atoms with Gasteiger partial charge in [0.1, 0.15) is 43.2 Å². The van der Waals surface area contributed by atoms with Crippen molar-refractivity contribution in [2.24, 2.45) is 0 Å². The number of ether oxygens (including phenoxy) is 2. The highest BCUT2D eigenvalue weighted by Crippen LogP contribution is 2.47. The molecule has 3 unspecified atom stereocenters. The molecule has 1 aliphatic rings. The van der Waals surface area contributed by atoms with Gasteiger partial charge in [-0.3, -0.25) is 18.6 Å². The second-order valence-electron chi connectivity index (χ2n) is 16.4. The van der Waals surface area contributed by atoms with Crippen molar-refractivity contribution in [1.29, 1.82) is 0 Å². The number of hydrogen-bond acceptors (Lipinski definition) is 15. The van der Waals surface area contributed by atoms with E-state index >= 15 is 0 Å². The summed E-state index contributed by atoms with van der Waals surface area (Å²) in [7, 11) is -5.24. The van der Waals surface area contributed by atoms with Crippen molar-refractivity contribution in [3.05, 3.63) is 109 Å². The van der Waals surface area contributed by atoms with E-state index in [9.17, 15) is 59.9 Å². The predicted octanol–water partition coefficient (Wildman–Crippen LogP) is 6.52. The summed E-state index contributed by atoms with van der Waals surface area (Å²) in [5.74, 6) is -1.48. The zero-order valence-electron chi connectivity index (χ0n) is 39.9. The lowest BCUT2D eigenvalue weighted by Crippen LogP contribution is -2.64. The van der Waals surface area contributed by atoms with Crippen LogP contribution in [0.4, 0.5) is 0 Å². The van der Waals surface area contributed by atoms with Gasteiger partial charge in [0.25, 0.3) is 0 Å². The molecule has 1 fully saturated rings. The molecule has 0 saturated heterocycles. The minimum atomic E-state index is -5.24. The van der Waals surface area contributed by atoms with Gasteiger partial charge in [0.2, 0.25) is 0 Å². The van der Waals surface area contributed by atoms with Crippen LogP contribution in [0, 0.1) is 0 Å². The molecule has 16 nitrogen and oxygen atoms in total. The molecule has 68 heavy (non-hydrogen) atoms. The fraction of sp³-hybridized carbons (Fsp3) is 0.608. The van der Waals surface area contributed by atoms with Gasteiger partial charge in [0.15, 0.2) is 6.10 Å². The van der Waals surface area contributed by atoms with E-state index < -0.39 is 94.0 Å². The maximum absolute atomic E-state index is 12.8. The van der Waals surface area contributed by atoms with E-state index in [1.54, 1.807) is 42.5 Å². The zero-order chi connectivity index (χ0) is 50.4. The molecular weight excluding hydrogens is 900 g/mol. The minimum Gasteiger partial charge on any atom is -0.462 e. The van der Waals surface area contributed by atoms with Crippen LogP contribution >= 0.6 is 7.82 Å².